The minimum atomic E-state index is 0.153. The third kappa shape index (κ3) is 1.76. The number of carbonyl (C=O) groups excluding carboxylic acids is 1. The van der Waals surface area contributed by atoms with Crippen LogP contribution in [0.1, 0.15) is 30.7 Å². The molecule has 0 aliphatic heterocycles. The van der Waals surface area contributed by atoms with E-state index in [9.17, 15) is 4.79 Å². The highest BCUT2D eigenvalue weighted by Crippen LogP contribution is 2.28. The van der Waals surface area contributed by atoms with Gasteiger partial charge in [-0.1, -0.05) is 6.42 Å². The molecule has 4 heteroatoms. The van der Waals surface area contributed by atoms with E-state index in [1.165, 1.54) is 6.42 Å². The number of hydrogen-bond donors (Lipinski definition) is 1. The molecule has 15 heavy (non-hydrogen) atoms. The second-order valence-corrected chi connectivity index (χ2v) is 4.29. The Balaban J connectivity index is 2.12. The van der Waals surface area contributed by atoms with Crippen LogP contribution in [-0.2, 0) is 11.8 Å². The van der Waals surface area contributed by atoms with Gasteiger partial charge in [-0.25, -0.2) is 0 Å². The Morgan fingerprint density at radius 1 is 1.47 bits per heavy atom. The molecule has 0 unspecified atom stereocenters. The first-order valence-corrected chi connectivity index (χ1v) is 5.40. The van der Waals surface area contributed by atoms with Gasteiger partial charge in [0.1, 0.15) is 0 Å². The van der Waals surface area contributed by atoms with Crippen LogP contribution in [0.2, 0.25) is 0 Å². The lowest BCUT2D eigenvalue weighted by atomic mass is 9.85. The first kappa shape index (κ1) is 10.2. The van der Waals surface area contributed by atoms with E-state index in [1.54, 1.807) is 4.68 Å². The van der Waals surface area contributed by atoms with Crippen LogP contribution in [0.25, 0.3) is 0 Å². The molecular formula is C11H17N3O. The van der Waals surface area contributed by atoms with E-state index in [2.05, 4.69) is 10.4 Å². The van der Waals surface area contributed by atoms with Gasteiger partial charge in [0.05, 0.1) is 17.1 Å². The van der Waals surface area contributed by atoms with Crippen LogP contribution >= 0.6 is 0 Å². The number of aryl methyl sites for hydroxylation is 2. The summed E-state index contributed by atoms with van der Waals surface area (Å²) in [6.07, 6.45) is 3.25. The molecule has 0 saturated heterocycles. The molecule has 2 rings (SSSR count). The summed E-state index contributed by atoms with van der Waals surface area (Å²) in [4.78, 5) is 11.8. The lowest BCUT2D eigenvalue weighted by Crippen LogP contribution is -2.28. The van der Waals surface area contributed by atoms with E-state index < -0.39 is 0 Å². The van der Waals surface area contributed by atoms with Gasteiger partial charge in [0.15, 0.2) is 0 Å². The fourth-order valence-corrected chi connectivity index (χ4v) is 1.85. The summed E-state index contributed by atoms with van der Waals surface area (Å²) < 4.78 is 1.80. The molecule has 1 N–H and O–H groups in total. The second kappa shape index (κ2) is 3.68. The van der Waals surface area contributed by atoms with Gasteiger partial charge in [-0.05, 0) is 26.7 Å². The lowest BCUT2D eigenvalue weighted by molar-refractivity contribution is -0.122. The van der Waals surface area contributed by atoms with Crippen molar-refractivity contribution in [3.05, 3.63) is 11.4 Å². The van der Waals surface area contributed by atoms with Crippen molar-refractivity contribution < 1.29 is 4.79 Å². The van der Waals surface area contributed by atoms with Crippen LogP contribution in [0.15, 0.2) is 0 Å². The summed E-state index contributed by atoms with van der Waals surface area (Å²) in [5.41, 5.74) is 2.79. The van der Waals surface area contributed by atoms with E-state index >= 15 is 0 Å². The van der Waals surface area contributed by atoms with Gasteiger partial charge in [0.25, 0.3) is 0 Å². The number of amides is 1. The maximum atomic E-state index is 11.8. The summed E-state index contributed by atoms with van der Waals surface area (Å²) in [6, 6.07) is 0. The van der Waals surface area contributed by atoms with Crippen molar-refractivity contribution in [2.45, 2.75) is 33.1 Å². The van der Waals surface area contributed by atoms with Gasteiger partial charge in [-0.2, -0.15) is 5.10 Å². The molecule has 0 aromatic carbocycles. The number of hydrogen-bond acceptors (Lipinski definition) is 2. The zero-order valence-electron chi connectivity index (χ0n) is 9.50. The summed E-state index contributed by atoms with van der Waals surface area (Å²) in [5.74, 6) is 0.379. The highest BCUT2D eigenvalue weighted by atomic mass is 16.1. The van der Waals surface area contributed by atoms with Crippen LogP contribution in [0.3, 0.4) is 0 Å². The fraction of sp³-hybridized carbons (Fsp3) is 0.636. The van der Waals surface area contributed by atoms with E-state index in [-0.39, 0.29) is 11.8 Å². The predicted molar refractivity (Wildman–Crippen MR) is 58.7 cm³/mol. The maximum absolute atomic E-state index is 11.8. The number of nitrogens with one attached hydrogen (secondary N) is 1. The lowest BCUT2D eigenvalue weighted by Gasteiger charge is -2.24. The molecule has 1 aromatic rings. The Kier molecular flexibility index (Phi) is 2.50. The van der Waals surface area contributed by atoms with Crippen LogP contribution < -0.4 is 5.32 Å². The van der Waals surface area contributed by atoms with E-state index in [4.69, 9.17) is 0 Å². The maximum Gasteiger partial charge on any atom is 0.227 e. The normalized spacial score (nSPS) is 16.2. The predicted octanol–water partition coefficient (Wildman–Crippen LogP) is 1.78. The Morgan fingerprint density at radius 2 is 2.13 bits per heavy atom. The van der Waals surface area contributed by atoms with Gasteiger partial charge in [-0.3, -0.25) is 9.48 Å². The molecule has 1 amide bonds. The average molecular weight is 207 g/mol. The minimum absolute atomic E-state index is 0.153. The van der Waals surface area contributed by atoms with Gasteiger partial charge >= 0.3 is 0 Å². The molecule has 1 aromatic heterocycles. The van der Waals surface area contributed by atoms with Crippen molar-refractivity contribution >= 4 is 11.6 Å². The highest BCUT2D eigenvalue weighted by Gasteiger charge is 2.26. The molecule has 1 heterocycles. The number of aromatic nitrogens is 2. The molecule has 0 atom stereocenters. The smallest absolute Gasteiger partial charge is 0.227 e. The molecular weight excluding hydrogens is 190 g/mol. The van der Waals surface area contributed by atoms with Gasteiger partial charge in [0.2, 0.25) is 5.91 Å². The van der Waals surface area contributed by atoms with Gasteiger partial charge in [0, 0.05) is 13.0 Å². The van der Waals surface area contributed by atoms with Gasteiger partial charge in [-0.15, -0.1) is 0 Å². The van der Waals surface area contributed by atoms with Crippen molar-refractivity contribution in [2.24, 2.45) is 13.0 Å². The van der Waals surface area contributed by atoms with Crippen molar-refractivity contribution in [3.63, 3.8) is 0 Å². The first-order valence-electron chi connectivity index (χ1n) is 5.40. The van der Waals surface area contributed by atoms with Crippen LogP contribution in [0, 0.1) is 19.8 Å². The molecule has 0 bridgehead atoms. The van der Waals surface area contributed by atoms with E-state index in [0.29, 0.717) is 0 Å². The Hall–Kier alpha value is -1.32. The van der Waals surface area contributed by atoms with Crippen LogP contribution in [0.4, 0.5) is 5.69 Å². The topological polar surface area (TPSA) is 46.9 Å². The molecule has 1 aliphatic rings. The fourth-order valence-electron chi connectivity index (χ4n) is 1.85. The molecule has 82 valence electrons. The van der Waals surface area contributed by atoms with E-state index in [0.717, 1.165) is 29.9 Å². The van der Waals surface area contributed by atoms with E-state index in [1.807, 2.05) is 20.9 Å². The summed E-state index contributed by atoms with van der Waals surface area (Å²) in [6.45, 7) is 3.89. The number of rotatable bonds is 2. The zero-order valence-corrected chi connectivity index (χ0v) is 9.50. The average Bonchev–Trinajstić information content (AvgIpc) is 2.29. The molecule has 1 aliphatic carbocycles. The summed E-state index contributed by atoms with van der Waals surface area (Å²) in [7, 11) is 1.89. The molecule has 1 fully saturated rings. The van der Waals surface area contributed by atoms with Crippen molar-refractivity contribution in [2.75, 3.05) is 5.32 Å². The standard InChI is InChI=1S/C11H17N3O/c1-7-10(8(2)14(3)13-7)12-11(15)9-5-4-6-9/h9H,4-6H2,1-3H3,(H,12,15). The molecule has 0 spiro atoms. The SMILES string of the molecule is Cc1nn(C)c(C)c1NC(=O)C1CCC1. The molecule has 1 saturated carbocycles. The molecule has 4 nitrogen and oxygen atoms in total. The third-order valence-electron chi connectivity index (χ3n) is 3.23. The number of nitrogens with zero attached hydrogens (tertiary/aromatic N) is 2. The zero-order chi connectivity index (χ0) is 11.0. The van der Waals surface area contributed by atoms with Gasteiger partial charge < -0.3 is 5.32 Å². The van der Waals surface area contributed by atoms with Crippen molar-refractivity contribution in [1.82, 2.24) is 9.78 Å². The monoisotopic (exact) mass is 207 g/mol. The Bertz CT molecular complexity index is 391. The summed E-state index contributed by atoms with van der Waals surface area (Å²) >= 11 is 0. The van der Waals surface area contributed by atoms with Crippen LogP contribution in [0.5, 0.6) is 0 Å². The molecule has 0 radical (unpaired) electrons. The van der Waals surface area contributed by atoms with Crippen LogP contribution in [-0.4, -0.2) is 15.7 Å². The van der Waals surface area contributed by atoms with Crippen molar-refractivity contribution in [3.8, 4) is 0 Å². The van der Waals surface area contributed by atoms with Crippen molar-refractivity contribution in [1.29, 1.82) is 0 Å². The second-order valence-electron chi connectivity index (χ2n) is 4.29. The first-order chi connectivity index (χ1) is 7.09. The number of anilines is 1. The highest BCUT2D eigenvalue weighted by molar-refractivity contribution is 5.94. The minimum Gasteiger partial charge on any atom is -0.323 e. The largest absolute Gasteiger partial charge is 0.323 e. The Labute approximate surface area is 89.7 Å². The third-order valence-corrected chi connectivity index (χ3v) is 3.23. The quantitative estimate of drug-likeness (QED) is 0.803. The number of carbonyl (C=O) groups is 1. The summed E-state index contributed by atoms with van der Waals surface area (Å²) in [5, 5.41) is 7.25. The Morgan fingerprint density at radius 3 is 2.53 bits per heavy atom.